The number of hydrogen-bond donors (Lipinski definition) is 1. The lowest BCUT2D eigenvalue weighted by atomic mass is 10.00. The minimum atomic E-state index is -0.883. The number of aromatic nitrogens is 4. The highest BCUT2D eigenvalue weighted by molar-refractivity contribution is 5.66. The van der Waals surface area contributed by atoms with Gasteiger partial charge in [-0.3, -0.25) is 0 Å². The Balaban J connectivity index is 1.30. The van der Waals surface area contributed by atoms with Gasteiger partial charge in [-0.25, -0.2) is 19.7 Å². The van der Waals surface area contributed by atoms with Crippen LogP contribution in [0.15, 0.2) is 55.0 Å². The van der Waals surface area contributed by atoms with Crippen LogP contribution >= 0.6 is 0 Å². The second-order valence-electron chi connectivity index (χ2n) is 9.04. The highest BCUT2D eigenvalue weighted by atomic mass is 16.5. The van der Waals surface area contributed by atoms with Crippen LogP contribution in [0.5, 0.6) is 0 Å². The number of hydrogen-bond acceptors (Lipinski definition) is 6. The Morgan fingerprint density at radius 2 is 1.71 bits per heavy atom. The van der Waals surface area contributed by atoms with Gasteiger partial charge in [0.05, 0.1) is 17.5 Å². The van der Waals surface area contributed by atoms with Gasteiger partial charge in [-0.15, -0.1) is 0 Å². The highest BCUT2D eigenvalue weighted by Gasteiger charge is 2.33. The van der Waals surface area contributed by atoms with E-state index < -0.39 is 6.09 Å². The SMILES string of the molecule is Cc1nc2ccc(-c3cnc(N4CCN(C(=O)O)CC4)nc3)cn2c1[C@H]1O[C@@H](C)c2ccccc21. The Hall–Kier alpha value is -3.98. The number of anilines is 1. The number of fused-ring (bicyclic) bond motifs is 2. The van der Waals surface area contributed by atoms with E-state index in [-0.39, 0.29) is 12.2 Å². The van der Waals surface area contributed by atoms with Crippen molar-refractivity contribution in [2.45, 2.75) is 26.1 Å². The molecule has 4 aromatic rings. The van der Waals surface area contributed by atoms with E-state index in [4.69, 9.17) is 14.8 Å². The number of ether oxygens (including phenoxy) is 1. The molecular formula is C26H26N6O3. The number of imidazole rings is 1. The molecule has 1 N–H and O–H groups in total. The van der Waals surface area contributed by atoms with Gasteiger partial charge in [0.15, 0.2) is 0 Å². The molecule has 1 aromatic carbocycles. The van der Waals surface area contributed by atoms with Crippen LogP contribution in [0.1, 0.15) is 41.6 Å². The smallest absolute Gasteiger partial charge is 0.407 e. The fraction of sp³-hybridized carbons (Fsp3) is 0.308. The van der Waals surface area contributed by atoms with Crippen molar-refractivity contribution in [2.75, 3.05) is 31.1 Å². The summed E-state index contributed by atoms with van der Waals surface area (Å²) in [4.78, 5) is 28.5. The summed E-state index contributed by atoms with van der Waals surface area (Å²) in [6.07, 6.45) is 4.69. The second-order valence-corrected chi connectivity index (χ2v) is 9.04. The minimum Gasteiger partial charge on any atom is -0.465 e. The third kappa shape index (κ3) is 3.68. The van der Waals surface area contributed by atoms with Crippen LogP contribution in [-0.2, 0) is 4.74 Å². The first-order valence-corrected chi connectivity index (χ1v) is 11.8. The molecule has 2 atom stereocenters. The summed E-state index contributed by atoms with van der Waals surface area (Å²) < 4.78 is 8.50. The number of rotatable bonds is 3. The second kappa shape index (κ2) is 8.35. The number of pyridine rings is 1. The van der Waals surface area contributed by atoms with Gasteiger partial charge in [0.2, 0.25) is 5.95 Å². The van der Waals surface area contributed by atoms with E-state index >= 15 is 0 Å². The number of piperazine rings is 1. The largest absolute Gasteiger partial charge is 0.465 e. The Labute approximate surface area is 202 Å². The summed E-state index contributed by atoms with van der Waals surface area (Å²) in [6, 6.07) is 12.4. The summed E-state index contributed by atoms with van der Waals surface area (Å²) >= 11 is 0. The van der Waals surface area contributed by atoms with Crippen LogP contribution in [0.3, 0.4) is 0 Å². The number of carbonyl (C=O) groups is 1. The molecule has 2 aliphatic rings. The summed E-state index contributed by atoms with van der Waals surface area (Å²) in [5.41, 5.74) is 7.14. The first-order chi connectivity index (χ1) is 17.0. The molecule has 2 aliphatic heterocycles. The van der Waals surface area contributed by atoms with E-state index in [2.05, 4.69) is 51.8 Å². The van der Waals surface area contributed by atoms with Gasteiger partial charge in [-0.05, 0) is 37.1 Å². The van der Waals surface area contributed by atoms with E-state index in [1.54, 1.807) is 0 Å². The summed E-state index contributed by atoms with van der Waals surface area (Å²) in [6.45, 7) is 6.17. The molecule has 1 fully saturated rings. The molecule has 0 bridgehead atoms. The number of benzene rings is 1. The molecule has 3 aromatic heterocycles. The molecule has 35 heavy (non-hydrogen) atoms. The normalized spacial score (nSPS) is 19.8. The van der Waals surface area contributed by atoms with Crippen molar-refractivity contribution in [1.82, 2.24) is 24.3 Å². The molecule has 1 amide bonds. The lowest BCUT2D eigenvalue weighted by Crippen LogP contribution is -2.48. The van der Waals surface area contributed by atoms with Crippen molar-refractivity contribution in [3.63, 3.8) is 0 Å². The monoisotopic (exact) mass is 470 g/mol. The highest BCUT2D eigenvalue weighted by Crippen LogP contribution is 2.43. The van der Waals surface area contributed by atoms with E-state index in [0.29, 0.717) is 32.1 Å². The summed E-state index contributed by atoms with van der Waals surface area (Å²) in [7, 11) is 0. The van der Waals surface area contributed by atoms with Crippen molar-refractivity contribution in [2.24, 2.45) is 0 Å². The summed E-state index contributed by atoms with van der Waals surface area (Å²) in [5.74, 6) is 0.615. The van der Waals surface area contributed by atoms with Crippen LogP contribution in [0, 0.1) is 6.92 Å². The van der Waals surface area contributed by atoms with Crippen LogP contribution in [0.2, 0.25) is 0 Å². The summed E-state index contributed by atoms with van der Waals surface area (Å²) in [5, 5.41) is 9.15. The molecule has 9 nitrogen and oxygen atoms in total. The lowest BCUT2D eigenvalue weighted by Gasteiger charge is -2.33. The zero-order valence-electron chi connectivity index (χ0n) is 19.6. The molecule has 5 heterocycles. The predicted octanol–water partition coefficient (Wildman–Crippen LogP) is 4.08. The van der Waals surface area contributed by atoms with E-state index in [1.807, 2.05) is 36.4 Å². The van der Waals surface area contributed by atoms with Gasteiger partial charge in [0.1, 0.15) is 11.8 Å². The van der Waals surface area contributed by atoms with E-state index in [1.165, 1.54) is 16.0 Å². The van der Waals surface area contributed by atoms with Crippen LogP contribution in [0.4, 0.5) is 10.7 Å². The Morgan fingerprint density at radius 3 is 2.43 bits per heavy atom. The maximum absolute atomic E-state index is 11.1. The molecule has 0 saturated carbocycles. The fourth-order valence-corrected chi connectivity index (χ4v) is 5.08. The Kier molecular flexibility index (Phi) is 5.14. The van der Waals surface area contributed by atoms with Crippen molar-refractivity contribution < 1.29 is 14.6 Å². The quantitative estimate of drug-likeness (QED) is 0.482. The third-order valence-electron chi connectivity index (χ3n) is 6.95. The van der Waals surface area contributed by atoms with Crippen molar-refractivity contribution >= 4 is 17.7 Å². The van der Waals surface area contributed by atoms with Crippen LogP contribution in [-0.4, -0.2) is 61.6 Å². The Morgan fingerprint density at radius 1 is 1.00 bits per heavy atom. The van der Waals surface area contributed by atoms with Crippen molar-refractivity contribution in [3.8, 4) is 11.1 Å². The topological polar surface area (TPSA) is 96.1 Å². The number of aryl methyl sites for hydroxylation is 1. The average molecular weight is 471 g/mol. The molecule has 6 rings (SSSR count). The first kappa shape index (κ1) is 21.5. The van der Waals surface area contributed by atoms with Crippen LogP contribution < -0.4 is 4.90 Å². The minimum absolute atomic E-state index is 0.0302. The zero-order valence-corrected chi connectivity index (χ0v) is 19.6. The number of amides is 1. The number of nitrogens with zero attached hydrogens (tertiary/aromatic N) is 6. The average Bonchev–Trinajstić information content (AvgIpc) is 3.39. The number of carboxylic acid groups (broad SMARTS) is 1. The molecule has 0 aliphatic carbocycles. The molecule has 0 unspecified atom stereocenters. The predicted molar refractivity (Wildman–Crippen MR) is 131 cm³/mol. The van der Waals surface area contributed by atoms with E-state index in [0.717, 1.165) is 28.2 Å². The lowest BCUT2D eigenvalue weighted by molar-refractivity contribution is 0.0424. The fourth-order valence-electron chi connectivity index (χ4n) is 5.08. The third-order valence-corrected chi connectivity index (χ3v) is 6.95. The van der Waals surface area contributed by atoms with Crippen molar-refractivity contribution in [1.29, 1.82) is 0 Å². The molecule has 0 spiro atoms. The van der Waals surface area contributed by atoms with Crippen LogP contribution in [0.25, 0.3) is 16.8 Å². The molecule has 0 radical (unpaired) electrons. The van der Waals surface area contributed by atoms with Gasteiger partial charge >= 0.3 is 6.09 Å². The standard InChI is InChI=1S/C26H26N6O3/c1-16-23(24-21-6-4-3-5-20(21)17(2)35-24)32-15-18(7-8-22(32)29-16)19-13-27-25(28-14-19)30-9-11-31(12-10-30)26(33)34/h3-8,13-15,17,24H,9-12H2,1-2H3,(H,33,34)/t17-,24-/m0/s1. The zero-order chi connectivity index (χ0) is 24.1. The molecule has 9 heteroatoms. The van der Waals surface area contributed by atoms with Crippen molar-refractivity contribution in [3.05, 3.63) is 77.5 Å². The molecular weight excluding hydrogens is 444 g/mol. The van der Waals surface area contributed by atoms with Gasteiger partial charge in [-0.1, -0.05) is 24.3 Å². The first-order valence-electron chi connectivity index (χ1n) is 11.8. The maximum atomic E-state index is 11.1. The maximum Gasteiger partial charge on any atom is 0.407 e. The van der Waals surface area contributed by atoms with Gasteiger partial charge < -0.3 is 24.0 Å². The van der Waals surface area contributed by atoms with Gasteiger partial charge in [0, 0.05) is 55.9 Å². The molecule has 1 saturated heterocycles. The molecule has 178 valence electrons. The van der Waals surface area contributed by atoms with Gasteiger partial charge in [-0.2, -0.15) is 0 Å². The van der Waals surface area contributed by atoms with E-state index in [9.17, 15) is 4.79 Å². The Bertz CT molecular complexity index is 1410. The van der Waals surface area contributed by atoms with Gasteiger partial charge in [0.25, 0.3) is 0 Å².